The standard InChI is InChI=1S/C26H25F6NO3/c1-2-18-6-3-9-21(12-18)35-22-10-5-8-20(14-22)33(16-24(34)26(30,31)32)15-19-7-4-11-23(13-19)36-25(28,29)17-27/h3-14,24,34H,2,15-17H2,1H3. The zero-order chi connectivity index (χ0) is 26.3. The normalized spacial score (nSPS) is 12.8. The summed E-state index contributed by atoms with van der Waals surface area (Å²) in [4.78, 5) is 1.24. The van der Waals surface area contributed by atoms with E-state index in [2.05, 4.69) is 4.74 Å². The molecule has 0 saturated carbocycles. The van der Waals surface area contributed by atoms with Crippen LogP contribution in [0.25, 0.3) is 0 Å². The molecule has 0 aromatic heterocycles. The highest BCUT2D eigenvalue weighted by molar-refractivity contribution is 5.52. The number of rotatable bonds is 11. The lowest BCUT2D eigenvalue weighted by atomic mass is 10.1. The van der Waals surface area contributed by atoms with Crippen molar-refractivity contribution in [3.8, 4) is 17.2 Å². The predicted molar refractivity (Wildman–Crippen MR) is 123 cm³/mol. The van der Waals surface area contributed by atoms with Gasteiger partial charge in [0.1, 0.15) is 17.2 Å². The maximum Gasteiger partial charge on any atom is 0.427 e. The Morgan fingerprint density at radius 1 is 0.833 bits per heavy atom. The van der Waals surface area contributed by atoms with E-state index < -0.39 is 31.6 Å². The van der Waals surface area contributed by atoms with E-state index >= 15 is 0 Å². The Kier molecular flexibility index (Phi) is 8.73. The maximum atomic E-state index is 13.3. The third-order valence-corrected chi connectivity index (χ3v) is 5.19. The van der Waals surface area contributed by atoms with Crippen molar-refractivity contribution in [3.63, 3.8) is 0 Å². The minimum Gasteiger partial charge on any atom is -0.457 e. The van der Waals surface area contributed by atoms with Crippen molar-refractivity contribution in [1.29, 1.82) is 0 Å². The number of alkyl halides is 6. The van der Waals surface area contributed by atoms with Gasteiger partial charge in [-0.05, 0) is 53.9 Å². The zero-order valence-electron chi connectivity index (χ0n) is 19.3. The molecule has 1 unspecified atom stereocenters. The molecule has 36 heavy (non-hydrogen) atoms. The fraction of sp³-hybridized carbons (Fsp3) is 0.308. The van der Waals surface area contributed by atoms with E-state index in [1.165, 1.54) is 41.3 Å². The van der Waals surface area contributed by atoms with E-state index in [0.717, 1.165) is 12.0 Å². The molecule has 0 radical (unpaired) electrons. The van der Waals surface area contributed by atoms with Crippen molar-refractivity contribution in [2.24, 2.45) is 0 Å². The SMILES string of the molecule is CCc1cccc(Oc2cccc(N(Cc3cccc(OC(F)(F)CF)c3)CC(O)C(F)(F)F)c2)c1. The zero-order valence-corrected chi connectivity index (χ0v) is 19.3. The van der Waals surface area contributed by atoms with Gasteiger partial charge >= 0.3 is 12.3 Å². The molecule has 3 aromatic rings. The van der Waals surface area contributed by atoms with Crippen molar-refractivity contribution >= 4 is 5.69 Å². The third kappa shape index (κ3) is 7.81. The van der Waals surface area contributed by atoms with E-state index in [9.17, 15) is 31.4 Å². The Morgan fingerprint density at radius 3 is 2.06 bits per heavy atom. The van der Waals surface area contributed by atoms with Crippen molar-refractivity contribution in [2.45, 2.75) is 38.3 Å². The largest absolute Gasteiger partial charge is 0.457 e. The summed E-state index contributed by atoms with van der Waals surface area (Å²) in [5.41, 5.74) is 1.64. The number of anilines is 1. The lowest BCUT2D eigenvalue weighted by Crippen LogP contribution is -2.40. The first-order chi connectivity index (χ1) is 17.0. The number of benzene rings is 3. The summed E-state index contributed by atoms with van der Waals surface area (Å²) in [6.07, 6.45) is -10.8. The van der Waals surface area contributed by atoms with Crippen molar-refractivity contribution in [2.75, 3.05) is 18.1 Å². The van der Waals surface area contributed by atoms with Crippen LogP contribution in [0.4, 0.5) is 32.0 Å². The third-order valence-electron chi connectivity index (χ3n) is 5.19. The van der Waals surface area contributed by atoms with Gasteiger partial charge in [-0.2, -0.15) is 22.0 Å². The van der Waals surface area contributed by atoms with Gasteiger partial charge in [-0.3, -0.25) is 0 Å². The van der Waals surface area contributed by atoms with Crippen molar-refractivity contribution in [3.05, 3.63) is 83.9 Å². The number of halogens is 6. The van der Waals surface area contributed by atoms with Gasteiger partial charge in [0.2, 0.25) is 0 Å². The van der Waals surface area contributed by atoms with Crippen LogP contribution in [-0.2, 0) is 13.0 Å². The molecular formula is C26H25F6NO3. The molecule has 10 heteroatoms. The van der Waals surface area contributed by atoms with Crippen LogP contribution in [0, 0.1) is 0 Å². The number of aryl methyl sites for hydroxylation is 1. The lowest BCUT2D eigenvalue weighted by molar-refractivity contribution is -0.200. The molecule has 0 fully saturated rings. The Balaban J connectivity index is 1.88. The highest BCUT2D eigenvalue weighted by atomic mass is 19.4. The maximum absolute atomic E-state index is 13.3. The predicted octanol–water partition coefficient (Wildman–Crippen LogP) is 6.91. The number of nitrogens with zero attached hydrogens (tertiary/aromatic N) is 1. The molecule has 1 N–H and O–H groups in total. The van der Waals surface area contributed by atoms with Crippen LogP contribution in [0.2, 0.25) is 0 Å². The molecular weight excluding hydrogens is 488 g/mol. The molecule has 3 rings (SSSR count). The second kappa shape index (κ2) is 11.6. The van der Waals surface area contributed by atoms with Gasteiger partial charge in [0.25, 0.3) is 0 Å². The number of ether oxygens (including phenoxy) is 2. The molecule has 1 atom stereocenters. The van der Waals surface area contributed by atoms with Crippen molar-refractivity contribution < 1.29 is 40.9 Å². The average Bonchev–Trinajstić information content (AvgIpc) is 2.83. The fourth-order valence-electron chi connectivity index (χ4n) is 3.41. The first-order valence-corrected chi connectivity index (χ1v) is 11.1. The molecule has 3 aromatic carbocycles. The van der Waals surface area contributed by atoms with E-state index in [-0.39, 0.29) is 12.3 Å². The molecule has 0 aliphatic carbocycles. The minimum atomic E-state index is -4.87. The van der Waals surface area contributed by atoms with Gasteiger partial charge < -0.3 is 19.5 Å². The van der Waals surface area contributed by atoms with Crippen LogP contribution >= 0.6 is 0 Å². The van der Waals surface area contributed by atoms with Gasteiger partial charge in [-0.25, -0.2) is 4.39 Å². The first-order valence-electron chi connectivity index (χ1n) is 11.1. The Hall–Kier alpha value is -3.40. The molecule has 4 nitrogen and oxygen atoms in total. The molecule has 0 saturated heterocycles. The Bertz CT molecular complexity index is 1140. The molecule has 0 heterocycles. The van der Waals surface area contributed by atoms with E-state index in [4.69, 9.17) is 4.74 Å². The lowest BCUT2D eigenvalue weighted by Gasteiger charge is -2.29. The Labute approximate surface area is 204 Å². The van der Waals surface area contributed by atoms with E-state index in [0.29, 0.717) is 22.7 Å². The van der Waals surface area contributed by atoms with Crippen LogP contribution in [0.1, 0.15) is 18.1 Å². The summed E-state index contributed by atoms with van der Waals surface area (Å²) in [6.45, 7) is -1.07. The second-order valence-electron chi connectivity index (χ2n) is 8.06. The summed E-state index contributed by atoms with van der Waals surface area (Å²) < 4.78 is 88.7. The molecule has 0 bridgehead atoms. The molecule has 0 aliphatic rings. The molecule has 0 amide bonds. The highest BCUT2D eigenvalue weighted by Crippen LogP contribution is 2.30. The van der Waals surface area contributed by atoms with Crippen LogP contribution in [0.5, 0.6) is 17.2 Å². The first kappa shape index (κ1) is 27.2. The topological polar surface area (TPSA) is 41.9 Å². The van der Waals surface area contributed by atoms with Gasteiger partial charge in [0, 0.05) is 18.3 Å². The quantitative estimate of drug-likeness (QED) is 0.283. The highest BCUT2D eigenvalue weighted by Gasteiger charge is 2.39. The number of hydrogen-bond acceptors (Lipinski definition) is 4. The van der Waals surface area contributed by atoms with Gasteiger partial charge in [-0.1, -0.05) is 37.3 Å². The number of aliphatic hydroxyl groups is 1. The summed E-state index contributed by atoms with van der Waals surface area (Å²) in [6, 6.07) is 18.8. The van der Waals surface area contributed by atoms with E-state index in [1.807, 2.05) is 25.1 Å². The molecule has 0 spiro atoms. The van der Waals surface area contributed by atoms with Crippen LogP contribution < -0.4 is 14.4 Å². The molecule has 0 aliphatic heterocycles. The average molecular weight is 513 g/mol. The monoisotopic (exact) mass is 513 g/mol. The minimum absolute atomic E-state index is 0.194. The summed E-state index contributed by atoms with van der Waals surface area (Å²) >= 11 is 0. The Morgan fingerprint density at radius 2 is 1.42 bits per heavy atom. The van der Waals surface area contributed by atoms with Gasteiger partial charge in [-0.15, -0.1) is 0 Å². The second-order valence-corrected chi connectivity index (χ2v) is 8.06. The van der Waals surface area contributed by atoms with Crippen LogP contribution in [0.15, 0.2) is 72.8 Å². The number of hydrogen-bond donors (Lipinski definition) is 1. The summed E-state index contributed by atoms with van der Waals surface area (Å²) in [7, 11) is 0. The smallest absolute Gasteiger partial charge is 0.427 e. The van der Waals surface area contributed by atoms with E-state index in [1.54, 1.807) is 18.2 Å². The summed E-state index contributed by atoms with van der Waals surface area (Å²) in [5, 5.41) is 9.73. The fourth-order valence-corrected chi connectivity index (χ4v) is 3.41. The van der Waals surface area contributed by atoms with Crippen LogP contribution in [-0.4, -0.2) is 36.7 Å². The van der Waals surface area contributed by atoms with Gasteiger partial charge in [0.05, 0.1) is 6.54 Å². The number of aliphatic hydroxyl groups excluding tert-OH is 1. The summed E-state index contributed by atoms with van der Waals surface area (Å²) in [5.74, 6) is 0.554. The van der Waals surface area contributed by atoms with Crippen molar-refractivity contribution in [1.82, 2.24) is 0 Å². The van der Waals surface area contributed by atoms with Crippen LogP contribution in [0.3, 0.4) is 0 Å². The molecule has 194 valence electrons. The van der Waals surface area contributed by atoms with Gasteiger partial charge in [0.15, 0.2) is 12.8 Å².